The summed E-state index contributed by atoms with van der Waals surface area (Å²) in [5.74, 6) is 0.248. The summed E-state index contributed by atoms with van der Waals surface area (Å²) in [5, 5.41) is 9.27. The van der Waals surface area contributed by atoms with E-state index in [1.807, 2.05) is 4.90 Å². The van der Waals surface area contributed by atoms with Gasteiger partial charge in [-0.25, -0.2) is 0 Å². The van der Waals surface area contributed by atoms with Crippen LogP contribution in [0.5, 0.6) is 5.75 Å². The van der Waals surface area contributed by atoms with Gasteiger partial charge in [0.1, 0.15) is 5.75 Å². The summed E-state index contributed by atoms with van der Waals surface area (Å²) in [6.07, 6.45) is 1.54. The highest BCUT2D eigenvalue weighted by Gasteiger charge is 2.28. The van der Waals surface area contributed by atoms with Crippen molar-refractivity contribution in [3.8, 4) is 5.75 Å². The number of hydrogen-bond donors (Lipinski definition) is 2. The second kappa shape index (κ2) is 6.91. The van der Waals surface area contributed by atoms with Gasteiger partial charge in [-0.15, -0.1) is 0 Å². The molecule has 1 aromatic carbocycles. The zero-order chi connectivity index (χ0) is 15.4. The molecule has 0 aromatic heterocycles. The highest BCUT2D eigenvalue weighted by atomic mass is 16.3. The lowest BCUT2D eigenvalue weighted by atomic mass is 10.0. The summed E-state index contributed by atoms with van der Waals surface area (Å²) in [4.78, 5) is 16.7. The van der Waals surface area contributed by atoms with Crippen LogP contribution in [0.4, 0.5) is 0 Å². The van der Waals surface area contributed by atoms with E-state index in [-0.39, 0.29) is 11.7 Å². The summed E-state index contributed by atoms with van der Waals surface area (Å²) in [7, 11) is 2.10. The second-order valence-corrected chi connectivity index (χ2v) is 5.80. The number of nitrogens with two attached hydrogens (primary N) is 1. The molecule has 1 fully saturated rings. The smallest absolute Gasteiger partial charge is 0.239 e. The van der Waals surface area contributed by atoms with E-state index in [2.05, 4.69) is 18.9 Å². The van der Waals surface area contributed by atoms with Gasteiger partial charge < -0.3 is 15.7 Å². The molecule has 5 heteroatoms. The Kier molecular flexibility index (Phi) is 5.20. The van der Waals surface area contributed by atoms with E-state index in [0.717, 1.165) is 31.6 Å². The van der Waals surface area contributed by atoms with Crippen molar-refractivity contribution in [3.05, 3.63) is 29.8 Å². The molecule has 116 valence electrons. The third kappa shape index (κ3) is 3.95. The SMILES string of the molecule is CCC1CN(C(=O)C(N)Cc2ccc(O)cc2)CCN1C. The topological polar surface area (TPSA) is 69.8 Å². The number of piperazine rings is 1. The van der Waals surface area contributed by atoms with Crippen LogP contribution < -0.4 is 5.73 Å². The largest absolute Gasteiger partial charge is 0.508 e. The van der Waals surface area contributed by atoms with Crippen molar-refractivity contribution in [2.24, 2.45) is 5.73 Å². The lowest BCUT2D eigenvalue weighted by Gasteiger charge is -2.40. The molecule has 1 saturated heterocycles. The first-order valence-corrected chi connectivity index (χ1v) is 7.53. The molecule has 2 rings (SSSR count). The van der Waals surface area contributed by atoms with Gasteiger partial charge in [-0.2, -0.15) is 0 Å². The molecule has 1 amide bonds. The number of phenols is 1. The van der Waals surface area contributed by atoms with Crippen LogP contribution in [0.2, 0.25) is 0 Å². The van der Waals surface area contributed by atoms with E-state index in [1.165, 1.54) is 0 Å². The summed E-state index contributed by atoms with van der Waals surface area (Å²) >= 11 is 0. The normalized spacial score (nSPS) is 21.3. The van der Waals surface area contributed by atoms with Gasteiger partial charge in [0.15, 0.2) is 0 Å². The number of nitrogens with zero attached hydrogens (tertiary/aromatic N) is 2. The summed E-state index contributed by atoms with van der Waals surface area (Å²) in [5.41, 5.74) is 7.04. The van der Waals surface area contributed by atoms with Crippen LogP contribution in [0.1, 0.15) is 18.9 Å². The Balaban J connectivity index is 1.94. The second-order valence-electron chi connectivity index (χ2n) is 5.80. The van der Waals surface area contributed by atoms with Crippen LogP contribution in [0, 0.1) is 0 Å². The zero-order valence-electron chi connectivity index (χ0n) is 12.8. The van der Waals surface area contributed by atoms with Gasteiger partial charge in [-0.05, 0) is 37.6 Å². The molecule has 5 nitrogen and oxygen atoms in total. The van der Waals surface area contributed by atoms with Crippen molar-refractivity contribution in [3.63, 3.8) is 0 Å². The van der Waals surface area contributed by atoms with E-state index in [1.54, 1.807) is 24.3 Å². The number of benzene rings is 1. The Morgan fingerprint density at radius 2 is 2.05 bits per heavy atom. The van der Waals surface area contributed by atoms with Gasteiger partial charge >= 0.3 is 0 Å². The minimum Gasteiger partial charge on any atom is -0.508 e. The summed E-state index contributed by atoms with van der Waals surface area (Å²) in [6.45, 7) is 4.55. The lowest BCUT2D eigenvalue weighted by Crippen LogP contribution is -2.56. The predicted molar refractivity (Wildman–Crippen MR) is 83.1 cm³/mol. The van der Waals surface area contributed by atoms with Gasteiger partial charge in [0.25, 0.3) is 0 Å². The van der Waals surface area contributed by atoms with Gasteiger partial charge in [-0.1, -0.05) is 19.1 Å². The Morgan fingerprint density at radius 1 is 1.38 bits per heavy atom. The fourth-order valence-electron chi connectivity index (χ4n) is 2.79. The highest BCUT2D eigenvalue weighted by Crippen LogP contribution is 2.14. The van der Waals surface area contributed by atoms with Gasteiger partial charge in [0.05, 0.1) is 6.04 Å². The van der Waals surface area contributed by atoms with E-state index >= 15 is 0 Å². The Morgan fingerprint density at radius 3 is 2.67 bits per heavy atom. The fourth-order valence-corrected chi connectivity index (χ4v) is 2.79. The molecule has 0 aliphatic carbocycles. The van der Waals surface area contributed by atoms with Crippen molar-refractivity contribution in [1.82, 2.24) is 9.80 Å². The quantitative estimate of drug-likeness (QED) is 0.861. The van der Waals surface area contributed by atoms with E-state index in [0.29, 0.717) is 12.5 Å². The van der Waals surface area contributed by atoms with Crippen molar-refractivity contribution in [2.75, 3.05) is 26.7 Å². The molecule has 0 saturated carbocycles. The van der Waals surface area contributed by atoms with Crippen molar-refractivity contribution in [2.45, 2.75) is 31.8 Å². The van der Waals surface area contributed by atoms with Crippen molar-refractivity contribution < 1.29 is 9.90 Å². The molecule has 0 spiro atoms. The minimum atomic E-state index is -0.518. The molecule has 2 unspecified atom stereocenters. The summed E-state index contributed by atoms with van der Waals surface area (Å²) < 4.78 is 0. The maximum Gasteiger partial charge on any atom is 0.239 e. The molecule has 1 aliphatic heterocycles. The van der Waals surface area contributed by atoms with Crippen LogP contribution in [-0.2, 0) is 11.2 Å². The van der Waals surface area contributed by atoms with Crippen LogP contribution in [0.15, 0.2) is 24.3 Å². The van der Waals surface area contributed by atoms with Crippen molar-refractivity contribution in [1.29, 1.82) is 0 Å². The van der Waals surface area contributed by atoms with Gasteiger partial charge in [-0.3, -0.25) is 9.69 Å². The number of likely N-dealkylation sites (N-methyl/N-ethyl adjacent to an activating group) is 1. The molecule has 1 heterocycles. The number of hydrogen-bond acceptors (Lipinski definition) is 4. The van der Waals surface area contributed by atoms with Crippen LogP contribution >= 0.6 is 0 Å². The van der Waals surface area contributed by atoms with Gasteiger partial charge in [0.2, 0.25) is 5.91 Å². The monoisotopic (exact) mass is 291 g/mol. The van der Waals surface area contributed by atoms with E-state index in [4.69, 9.17) is 5.73 Å². The first kappa shape index (κ1) is 15.8. The predicted octanol–water partition coefficient (Wildman–Crippen LogP) is 0.815. The maximum absolute atomic E-state index is 12.5. The molecule has 3 N–H and O–H groups in total. The van der Waals surface area contributed by atoms with E-state index in [9.17, 15) is 9.90 Å². The number of aromatic hydroxyl groups is 1. The number of carbonyl (C=O) groups is 1. The van der Waals surface area contributed by atoms with Crippen LogP contribution in [-0.4, -0.2) is 59.6 Å². The third-order valence-electron chi connectivity index (χ3n) is 4.27. The molecule has 1 aliphatic rings. The third-order valence-corrected chi connectivity index (χ3v) is 4.27. The number of amides is 1. The van der Waals surface area contributed by atoms with Crippen molar-refractivity contribution >= 4 is 5.91 Å². The van der Waals surface area contributed by atoms with Gasteiger partial charge in [0, 0.05) is 25.7 Å². The number of carbonyl (C=O) groups excluding carboxylic acids is 1. The molecule has 21 heavy (non-hydrogen) atoms. The molecular formula is C16H25N3O2. The highest BCUT2D eigenvalue weighted by molar-refractivity contribution is 5.82. The Hall–Kier alpha value is -1.59. The first-order chi connectivity index (χ1) is 10.0. The Labute approximate surface area is 126 Å². The first-order valence-electron chi connectivity index (χ1n) is 7.53. The fraction of sp³-hybridized carbons (Fsp3) is 0.562. The van der Waals surface area contributed by atoms with E-state index < -0.39 is 6.04 Å². The van der Waals surface area contributed by atoms with Crippen LogP contribution in [0.3, 0.4) is 0 Å². The molecule has 0 bridgehead atoms. The molecule has 2 atom stereocenters. The molecular weight excluding hydrogens is 266 g/mol. The molecule has 0 radical (unpaired) electrons. The van der Waals surface area contributed by atoms with Crippen LogP contribution in [0.25, 0.3) is 0 Å². The number of rotatable bonds is 4. The standard InChI is InChI=1S/C16H25N3O2/c1-3-13-11-19(9-8-18(13)2)16(21)15(17)10-12-4-6-14(20)7-5-12/h4-7,13,15,20H,3,8-11,17H2,1-2H3. The average Bonchev–Trinajstić information content (AvgIpc) is 2.49. The summed E-state index contributed by atoms with van der Waals surface area (Å²) in [6, 6.07) is 6.76. The zero-order valence-corrected chi connectivity index (χ0v) is 12.8. The average molecular weight is 291 g/mol. The lowest BCUT2D eigenvalue weighted by molar-refractivity contribution is -0.135. The number of phenolic OH excluding ortho intramolecular Hbond substituents is 1. The minimum absolute atomic E-state index is 0.0228. The maximum atomic E-state index is 12.5. The molecule has 1 aromatic rings. The Bertz CT molecular complexity index is 475.